The van der Waals surface area contributed by atoms with Crippen LogP contribution in [0.1, 0.15) is 40.5 Å². The van der Waals surface area contributed by atoms with E-state index in [4.69, 9.17) is 4.42 Å². The molecule has 1 amide bonds. The Labute approximate surface area is 187 Å². The molecular formula is C25H27N5O2. The SMILES string of the molecule is Cc1ccc(-c2nnc([C@@H](C)N3CCN(C(=O)c4cc5ccccc5[nH]4)CC3)o2)cc1C. The van der Waals surface area contributed by atoms with Crippen molar-refractivity contribution in [2.75, 3.05) is 26.2 Å². The summed E-state index contributed by atoms with van der Waals surface area (Å²) in [5, 5.41) is 9.62. The highest BCUT2D eigenvalue weighted by Crippen LogP contribution is 2.26. The molecule has 0 unspecified atom stereocenters. The summed E-state index contributed by atoms with van der Waals surface area (Å²) in [6.07, 6.45) is 0. The van der Waals surface area contributed by atoms with Gasteiger partial charge in [0, 0.05) is 42.6 Å². The Morgan fingerprint density at radius 3 is 2.53 bits per heavy atom. The van der Waals surface area contributed by atoms with Crippen molar-refractivity contribution in [3.05, 3.63) is 71.2 Å². The molecule has 1 fully saturated rings. The number of piperazine rings is 1. The van der Waals surface area contributed by atoms with Crippen LogP contribution in [0.4, 0.5) is 0 Å². The number of H-pyrrole nitrogens is 1. The molecule has 1 saturated heterocycles. The molecule has 0 aliphatic carbocycles. The fourth-order valence-corrected chi connectivity index (χ4v) is 4.22. The maximum absolute atomic E-state index is 13.0. The van der Waals surface area contributed by atoms with Crippen molar-refractivity contribution in [3.63, 3.8) is 0 Å². The van der Waals surface area contributed by atoms with E-state index >= 15 is 0 Å². The Hall–Kier alpha value is -3.45. The second kappa shape index (κ2) is 8.24. The third kappa shape index (κ3) is 3.80. The Balaban J connectivity index is 1.23. The number of aromatic nitrogens is 3. The van der Waals surface area contributed by atoms with Gasteiger partial charge in [0.05, 0.1) is 6.04 Å². The van der Waals surface area contributed by atoms with E-state index in [9.17, 15) is 4.79 Å². The standard InChI is InChI=1S/C25H27N5O2/c1-16-8-9-20(14-17(16)2)24-28-27-23(32-24)18(3)29-10-12-30(13-11-29)25(31)22-15-19-6-4-5-7-21(19)26-22/h4-9,14-15,18,26H,10-13H2,1-3H3/t18-/m1/s1. The highest BCUT2D eigenvalue weighted by molar-refractivity contribution is 5.98. The molecule has 164 valence electrons. The number of benzene rings is 2. The van der Waals surface area contributed by atoms with Crippen LogP contribution in [0.2, 0.25) is 0 Å². The Bertz CT molecular complexity index is 1230. The normalized spacial score (nSPS) is 15.9. The van der Waals surface area contributed by atoms with Crippen molar-refractivity contribution < 1.29 is 9.21 Å². The summed E-state index contributed by atoms with van der Waals surface area (Å²) in [4.78, 5) is 20.4. The zero-order valence-electron chi connectivity index (χ0n) is 18.6. The molecular weight excluding hydrogens is 402 g/mol. The zero-order chi connectivity index (χ0) is 22.2. The fourth-order valence-electron chi connectivity index (χ4n) is 4.22. The van der Waals surface area contributed by atoms with E-state index in [-0.39, 0.29) is 11.9 Å². The van der Waals surface area contributed by atoms with Crippen LogP contribution < -0.4 is 0 Å². The van der Waals surface area contributed by atoms with Crippen LogP contribution in [0, 0.1) is 13.8 Å². The zero-order valence-corrected chi connectivity index (χ0v) is 18.6. The lowest BCUT2D eigenvalue weighted by molar-refractivity contribution is 0.0554. The molecule has 32 heavy (non-hydrogen) atoms. The molecule has 0 radical (unpaired) electrons. The number of aryl methyl sites for hydroxylation is 2. The van der Waals surface area contributed by atoms with E-state index in [1.165, 1.54) is 11.1 Å². The number of carbonyl (C=O) groups excluding carboxylic acids is 1. The van der Waals surface area contributed by atoms with Gasteiger partial charge in [0.15, 0.2) is 0 Å². The second-order valence-corrected chi connectivity index (χ2v) is 8.52. The molecule has 2 aromatic carbocycles. The van der Waals surface area contributed by atoms with E-state index in [0.29, 0.717) is 30.6 Å². The van der Waals surface area contributed by atoms with Gasteiger partial charge in [-0.3, -0.25) is 9.69 Å². The van der Waals surface area contributed by atoms with Gasteiger partial charge >= 0.3 is 0 Å². The number of amides is 1. The monoisotopic (exact) mass is 429 g/mol. The van der Waals surface area contributed by atoms with Crippen LogP contribution in [0.15, 0.2) is 52.9 Å². The molecule has 2 aromatic heterocycles. The van der Waals surface area contributed by atoms with Crippen molar-refractivity contribution in [3.8, 4) is 11.5 Å². The summed E-state index contributed by atoms with van der Waals surface area (Å²) in [5.41, 5.74) is 5.00. The number of aromatic amines is 1. The predicted octanol–water partition coefficient (Wildman–Crippen LogP) is 4.35. The molecule has 3 heterocycles. The van der Waals surface area contributed by atoms with Crippen LogP contribution in [-0.4, -0.2) is 57.1 Å². The van der Waals surface area contributed by atoms with Gasteiger partial charge in [-0.2, -0.15) is 0 Å². The quantitative estimate of drug-likeness (QED) is 0.522. The lowest BCUT2D eigenvalue weighted by atomic mass is 10.1. The summed E-state index contributed by atoms with van der Waals surface area (Å²) < 4.78 is 6.01. The first kappa shape index (κ1) is 20.5. The summed E-state index contributed by atoms with van der Waals surface area (Å²) >= 11 is 0. The highest BCUT2D eigenvalue weighted by Gasteiger charge is 2.28. The third-order valence-corrected chi connectivity index (χ3v) is 6.46. The lowest BCUT2D eigenvalue weighted by Gasteiger charge is -2.36. The molecule has 1 aliphatic heterocycles. The van der Waals surface area contributed by atoms with E-state index in [1.54, 1.807) is 0 Å². The summed E-state index contributed by atoms with van der Waals surface area (Å²) in [5.74, 6) is 1.19. The van der Waals surface area contributed by atoms with E-state index in [2.05, 4.69) is 53.0 Å². The molecule has 1 N–H and O–H groups in total. The topological polar surface area (TPSA) is 78.3 Å². The number of para-hydroxylation sites is 1. The molecule has 0 saturated carbocycles. The summed E-state index contributed by atoms with van der Waals surface area (Å²) in [6.45, 7) is 9.08. The van der Waals surface area contributed by atoms with Crippen molar-refractivity contribution in [1.82, 2.24) is 25.0 Å². The molecule has 0 spiro atoms. The third-order valence-electron chi connectivity index (χ3n) is 6.46. The van der Waals surface area contributed by atoms with Crippen molar-refractivity contribution in [2.45, 2.75) is 26.8 Å². The first-order valence-corrected chi connectivity index (χ1v) is 11.0. The van der Waals surface area contributed by atoms with Crippen LogP contribution in [0.5, 0.6) is 0 Å². The van der Waals surface area contributed by atoms with Gasteiger partial charge in [-0.25, -0.2) is 0 Å². The highest BCUT2D eigenvalue weighted by atomic mass is 16.4. The Morgan fingerprint density at radius 1 is 1.00 bits per heavy atom. The lowest BCUT2D eigenvalue weighted by Crippen LogP contribution is -2.49. The molecule has 7 nitrogen and oxygen atoms in total. The predicted molar refractivity (Wildman–Crippen MR) is 123 cm³/mol. The van der Waals surface area contributed by atoms with Gasteiger partial charge in [0.2, 0.25) is 11.8 Å². The van der Waals surface area contributed by atoms with Crippen LogP contribution in [0.3, 0.4) is 0 Å². The number of rotatable bonds is 4. The maximum Gasteiger partial charge on any atom is 0.270 e. The minimum Gasteiger partial charge on any atom is -0.419 e. The van der Waals surface area contributed by atoms with Crippen LogP contribution >= 0.6 is 0 Å². The molecule has 4 aromatic rings. The first-order valence-electron chi connectivity index (χ1n) is 11.0. The first-order chi connectivity index (χ1) is 15.5. The van der Waals surface area contributed by atoms with Crippen LogP contribution in [-0.2, 0) is 0 Å². The largest absolute Gasteiger partial charge is 0.419 e. The average Bonchev–Trinajstić information content (AvgIpc) is 3.47. The van der Waals surface area contributed by atoms with Gasteiger partial charge in [-0.05, 0) is 56.2 Å². The minimum absolute atomic E-state index is 0.00637. The number of hydrogen-bond donors (Lipinski definition) is 1. The van der Waals surface area contributed by atoms with Gasteiger partial charge in [0.25, 0.3) is 5.91 Å². The number of nitrogens with one attached hydrogen (secondary N) is 1. The van der Waals surface area contributed by atoms with Crippen molar-refractivity contribution >= 4 is 16.8 Å². The number of nitrogens with zero attached hydrogens (tertiary/aromatic N) is 4. The summed E-state index contributed by atoms with van der Waals surface area (Å²) in [6, 6.07) is 16.0. The van der Waals surface area contributed by atoms with Gasteiger partial charge in [0.1, 0.15) is 5.69 Å². The molecule has 7 heteroatoms. The van der Waals surface area contributed by atoms with Crippen molar-refractivity contribution in [1.29, 1.82) is 0 Å². The smallest absolute Gasteiger partial charge is 0.270 e. The average molecular weight is 430 g/mol. The minimum atomic E-state index is -0.00637. The number of fused-ring (bicyclic) bond motifs is 1. The second-order valence-electron chi connectivity index (χ2n) is 8.52. The molecule has 0 bridgehead atoms. The van der Waals surface area contributed by atoms with E-state index in [0.717, 1.165) is 29.6 Å². The van der Waals surface area contributed by atoms with E-state index in [1.807, 2.05) is 41.3 Å². The number of carbonyl (C=O) groups is 1. The molecule has 1 aliphatic rings. The van der Waals surface area contributed by atoms with Gasteiger partial charge < -0.3 is 14.3 Å². The Kier molecular flexibility index (Phi) is 5.27. The molecule has 1 atom stereocenters. The van der Waals surface area contributed by atoms with E-state index < -0.39 is 0 Å². The van der Waals surface area contributed by atoms with Gasteiger partial charge in [-0.15, -0.1) is 10.2 Å². The summed E-state index contributed by atoms with van der Waals surface area (Å²) in [7, 11) is 0. The molecule has 5 rings (SSSR count). The van der Waals surface area contributed by atoms with Crippen LogP contribution in [0.25, 0.3) is 22.4 Å². The van der Waals surface area contributed by atoms with Gasteiger partial charge in [-0.1, -0.05) is 24.3 Å². The Morgan fingerprint density at radius 2 is 1.78 bits per heavy atom. The number of hydrogen-bond acceptors (Lipinski definition) is 5. The maximum atomic E-state index is 13.0. The fraction of sp³-hybridized carbons (Fsp3) is 0.320. The van der Waals surface area contributed by atoms with Crippen molar-refractivity contribution in [2.24, 2.45) is 0 Å².